The molecule has 3 heterocycles. The van der Waals surface area contributed by atoms with Crippen LogP contribution in [0.15, 0.2) is 24.4 Å². The van der Waals surface area contributed by atoms with Gasteiger partial charge < -0.3 is 10.6 Å². The number of anilines is 3. The van der Waals surface area contributed by atoms with Gasteiger partial charge in [0.15, 0.2) is 17.5 Å². The fourth-order valence-corrected chi connectivity index (χ4v) is 2.91. The van der Waals surface area contributed by atoms with E-state index < -0.39 is 23.5 Å². The second-order valence-electron chi connectivity index (χ2n) is 6.82. The quantitative estimate of drug-likeness (QED) is 0.572. The molecule has 29 heavy (non-hydrogen) atoms. The summed E-state index contributed by atoms with van der Waals surface area (Å²) in [6.07, 6.45) is 3.07. The number of pyridine rings is 2. The molecule has 10 heteroatoms. The van der Waals surface area contributed by atoms with Gasteiger partial charge >= 0.3 is 0 Å². The summed E-state index contributed by atoms with van der Waals surface area (Å²) in [6, 6.07) is 4.61. The van der Waals surface area contributed by atoms with Crippen LogP contribution in [0.5, 0.6) is 0 Å². The summed E-state index contributed by atoms with van der Waals surface area (Å²) in [7, 11) is 0. The maximum Gasteiger partial charge on any atom is 0.170 e. The SMILES string of the molecule is CC(Nc1nc(Nc2cc(C3CC3)[nH]n2)c(F)cc1C#N)c1ncc(F)cc1F. The maximum atomic E-state index is 14.4. The van der Waals surface area contributed by atoms with Crippen molar-refractivity contribution in [3.05, 3.63) is 58.8 Å². The van der Waals surface area contributed by atoms with Gasteiger partial charge in [-0.15, -0.1) is 0 Å². The average molecular weight is 399 g/mol. The summed E-state index contributed by atoms with van der Waals surface area (Å²) in [5, 5.41) is 21.9. The van der Waals surface area contributed by atoms with Crippen molar-refractivity contribution in [1.82, 2.24) is 20.2 Å². The summed E-state index contributed by atoms with van der Waals surface area (Å²) < 4.78 is 41.5. The highest BCUT2D eigenvalue weighted by Crippen LogP contribution is 2.39. The Morgan fingerprint density at radius 2 is 1.97 bits per heavy atom. The molecule has 1 saturated carbocycles. The van der Waals surface area contributed by atoms with Crippen molar-refractivity contribution in [2.75, 3.05) is 10.6 Å². The molecule has 7 nitrogen and oxygen atoms in total. The molecule has 4 rings (SSSR count). The third-order valence-corrected chi connectivity index (χ3v) is 4.56. The van der Waals surface area contributed by atoms with Crippen LogP contribution < -0.4 is 10.6 Å². The van der Waals surface area contributed by atoms with E-state index in [0.717, 1.165) is 30.8 Å². The Balaban J connectivity index is 1.59. The number of nitrogens with zero attached hydrogens (tertiary/aromatic N) is 4. The molecule has 1 aliphatic carbocycles. The zero-order valence-corrected chi connectivity index (χ0v) is 15.3. The molecule has 3 aromatic rings. The first kappa shape index (κ1) is 18.7. The Bertz CT molecular complexity index is 1100. The van der Waals surface area contributed by atoms with E-state index in [9.17, 15) is 18.4 Å². The van der Waals surface area contributed by atoms with Crippen LogP contribution in [-0.2, 0) is 0 Å². The van der Waals surface area contributed by atoms with Crippen molar-refractivity contribution in [2.45, 2.75) is 31.7 Å². The molecule has 1 atom stereocenters. The molecule has 148 valence electrons. The highest BCUT2D eigenvalue weighted by atomic mass is 19.1. The van der Waals surface area contributed by atoms with Crippen molar-refractivity contribution in [1.29, 1.82) is 5.26 Å². The minimum atomic E-state index is -0.840. The van der Waals surface area contributed by atoms with Gasteiger partial charge in [0, 0.05) is 23.7 Å². The minimum Gasteiger partial charge on any atom is -0.361 e. The lowest BCUT2D eigenvalue weighted by molar-refractivity contribution is 0.550. The number of nitriles is 1. The molecule has 3 aromatic heterocycles. The number of halogens is 3. The summed E-state index contributed by atoms with van der Waals surface area (Å²) in [4.78, 5) is 7.86. The van der Waals surface area contributed by atoms with Gasteiger partial charge in [-0.2, -0.15) is 10.4 Å². The minimum absolute atomic E-state index is 0.0346. The standard InChI is InChI=1S/C19H16F3N7/c1-9(17-13(21)5-12(20)8-24-17)25-18-11(7-23)4-14(22)19(27-18)26-16-6-15(28-29-16)10-2-3-10/h4-6,8-10H,2-3H2,1H3,(H3,25,26,27,28,29). The number of aromatic nitrogens is 4. The predicted octanol–water partition coefficient (Wildman–Crippen LogP) is 4.28. The number of nitrogens with one attached hydrogen (secondary N) is 3. The molecule has 0 radical (unpaired) electrons. The third-order valence-electron chi connectivity index (χ3n) is 4.56. The van der Waals surface area contributed by atoms with Gasteiger partial charge in [-0.05, 0) is 25.8 Å². The number of hydrogen-bond acceptors (Lipinski definition) is 6. The second-order valence-corrected chi connectivity index (χ2v) is 6.82. The Hall–Kier alpha value is -3.61. The molecule has 0 saturated heterocycles. The van der Waals surface area contributed by atoms with Gasteiger partial charge in [0.05, 0.1) is 23.5 Å². The molecule has 3 N–H and O–H groups in total. The molecule has 0 aliphatic heterocycles. The number of rotatable bonds is 6. The Morgan fingerprint density at radius 3 is 2.66 bits per heavy atom. The monoisotopic (exact) mass is 399 g/mol. The van der Waals surface area contributed by atoms with E-state index in [0.29, 0.717) is 17.8 Å². The number of H-pyrrole nitrogens is 1. The van der Waals surface area contributed by atoms with Crippen molar-refractivity contribution in [3.8, 4) is 6.07 Å². The molecule has 0 spiro atoms. The van der Waals surface area contributed by atoms with Crippen molar-refractivity contribution >= 4 is 17.5 Å². The van der Waals surface area contributed by atoms with E-state index in [4.69, 9.17) is 0 Å². The topological polar surface area (TPSA) is 102 Å². The van der Waals surface area contributed by atoms with Crippen molar-refractivity contribution in [2.24, 2.45) is 0 Å². The highest BCUT2D eigenvalue weighted by Gasteiger charge is 2.26. The number of aromatic amines is 1. The van der Waals surface area contributed by atoms with Gasteiger partial charge in [0.2, 0.25) is 0 Å². The van der Waals surface area contributed by atoms with Crippen LogP contribution in [0.4, 0.5) is 30.6 Å². The molecular weight excluding hydrogens is 383 g/mol. The van der Waals surface area contributed by atoms with Crippen LogP contribution in [0.1, 0.15) is 48.7 Å². The first-order chi connectivity index (χ1) is 13.9. The lowest BCUT2D eigenvalue weighted by atomic mass is 10.2. The van der Waals surface area contributed by atoms with Crippen LogP contribution >= 0.6 is 0 Å². The largest absolute Gasteiger partial charge is 0.361 e. The molecule has 0 bridgehead atoms. The van der Waals surface area contributed by atoms with Crippen molar-refractivity contribution < 1.29 is 13.2 Å². The Labute approximate surface area is 164 Å². The third kappa shape index (κ3) is 3.99. The number of hydrogen-bond donors (Lipinski definition) is 3. The van der Waals surface area contributed by atoms with E-state index in [1.165, 1.54) is 0 Å². The van der Waals surface area contributed by atoms with Crippen LogP contribution in [0, 0.1) is 28.8 Å². The van der Waals surface area contributed by atoms with Gasteiger partial charge in [-0.3, -0.25) is 10.1 Å². The van der Waals surface area contributed by atoms with Crippen molar-refractivity contribution in [3.63, 3.8) is 0 Å². The zero-order valence-electron chi connectivity index (χ0n) is 15.3. The van der Waals surface area contributed by atoms with Crippen LogP contribution in [0.2, 0.25) is 0 Å². The van der Waals surface area contributed by atoms with Crippen LogP contribution in [0.25, 0.3) is 0 Å². The summed E-state index contributed by atoms with van der Waals surface area (Å²) in [6.45, 7) is 1.57. The van der Waals surface area contributed by atoms with Gasteiger partial charge in [0.1, 0.15) is 23.5 Å². The lowest BCUT2D eigenvalue weighted by Crippen LogP contribution is -2.14. The fourth-order valence-electron chi connectivity index (χ4n) is 2.91. The predicted molar refractivity (Wildman–Crippen MR) is 98.9 cm³/mol. The first-order valence-corrected chi connectivity index (χ1v) is 8.95. The Kier molecular flexibility index (Phi) is 4.80. The highest BCUT2D eigenvalue weighted by molar-refractivity contribution is 5.61. The first-order valence-electron chi connectivity index (χ1n) is 8.95. The molecule has 0 aromatic carbocycles. The van der Waals surface area contributed by atoms with Gasteiger partial charge in [-0.25, -0.2) is 18.2 Å². The van der Waals surface area contributed by atoms with E-state index in [-0.39, 0.29) is 22.9 Å². The lowest BCUT2D eigenvalue weighted by Gasteiger charge is -2.16. The van der Waals surface area contributed by atoms with Gasteiger partial charge in [0.25, 0.3) is 0 Å². The molecule has 1 aliphatic rings. The van der Waals surface area contributed by atoms with E-state index in [2.05, 4.69) is 30.8 Å². The van der Waals surface area contributed by atoms with E-state index in [1.54, 1.807) is 13.0 Å². The average Bonchev–Trinajstić information content (AvgIpc) is 3.43. The molecule has 1 fully saturated rings. The van der Waals surface area contributed by atoms with Crippen LogP contribution in [0.3, 0.4) is 0 Å². The van der Waals surface area contributed by atoms with Crippen LogP contribution in [-0.4, -0.2) is 20.2 Å². The normalized spacial score (nSPS) is 14.3. The summed E-state index contributed by atoms with van der Waals surface area (Å²) in [5.74, 6) is -1.63. The summed E-state index contributed by atoms with van der Waals surface area (Å²) in [5.41, 5.74) is 0.840. The molecular formula is C19H16F3N7. The van der Waals surface area contributed by atoms with E-state index in [1.807, 2.05) is 6.07 Å². The molecule has 0 amide bonds. The maximum absolute atomic E-state index is 14.4. The Morgan fingerprint density at radius 1 is 1.17 bits per heavy atom. The summed E-state index contributed by atoms with van der Waals surface area (Å²) >= 11 is 0. The molecule has 1 unspecified atom stereocenters. The van der Waals surface area contributed by atoms with Gasteiger partial charge in [-0.1, -0.05) is 0 Å². The smallest absolute Gasteiger partial charge is 0.170 e. The zero-order chi connectivity index (χ0) is 20.5. The second kappa shape index (κ2) is 7.43. The fraction of sp³-hybridized carbons (Fsp3) is 0.263. The van der Waals surface area contributed by atoms with E-state index >= 15 is 0 Å².